The maximum atomic E-state index is 13.1. The number of anilines is 3. The van der Waals surface area contributed by atoms with Crippen molar-refractivity contribution in [1.29, 1.82) is 0 Å². The highest BCUT2D eigenvalue weighted by atomic mass is 79.9. The fourth-order valence-electron chi connectivity index (χ4n) is 8.49. The van der Waals surface area contributed by atoms with Crippen molar-refractivity contribution < 1.29 is 19.2 Å². The number of nitrogens with one attached hydrogen (secondary N) is 4. The van der Waals surface area contributed by atoms with E-state index < -0.39 is 5.24 Å². The third-order valence-electron chi connectivity index (χ3n) is 12.1. The summed E-state index contributed by atoms with van der Waals surface area (Å²) in [5, 5.41) is 8.51. The molecule has 6 aromatic heterocycles. The Morgan fingerprint density at radius 2 is 1.15 bits per heavy atom. The molecule has 0 saturated carbocycles. The largest absolute Gasteiger partial charge is 0.397 e. The van der Waals surface area contributed by atoms with E-state index in [1.165, 1.54) is 12.3 Å². The van der Waals surface area contributed by atoms with E-state index in [0.29, 0.717) is 55.2 Å². The Bertz CT molecular complexity index is 3290. The number of piperidine rings is 2. The van der Waals surface area contributed by atoms with Crippen LogP contribution in [-0.2, 0) is 16.0 Å². The highest BCUT2D eigenvalue weighted by Gasteiger charge is 2.28. The van der Waals surface area contributed by atoms with Gasteiger partial charge in [-0.1, -0.05) is 63.0 Å². The SMILES string of the molecule is C.C=CC(=O)Cc1ccc(C(=O)N2CCC[C@@H](Nc3ncc(Br)c(-c4c[nH]c5ccccc45)n3)C2)nc1.C=CC(=O)Cl.Nc1ccc(C(=O)N2CCC[C@@H](Nc3ncc(Br)c(-c4c[nH]c5ccccc45)n3)C2)nc1. The molecule has 8 heterocycles. The Morgan fingerprint density at radius 1 is 0.676 bits per heavy atom. The van der Waals surface area contributed by atoms with E-state index in [4.69, 9.17) is 27.3 Å². The summed E-state index contributed by atoms with van der Waals surface area (Å²) in [5.74, 6) is 0.765. The number of nitrogens with two attached hydrogens (primary N) is 1. The number of hydrogen-bond acceptors (Lipinski definition) is 13. The molecule has 2 aliphatic heterocycles. The first kappa shape index (κ1) is 54.2. The van der Waals surface area contributed by atoms with Gasteiger partial charge in [0.15, 0.2) is 5.78 Å². The van der Waals surface area contributed by atoms with Crippen molar-refractivity contribution in [3.8, 4) is 22.5 Å². The minimum atomic E-state index is -0.509. The average molecular weight is 1140 g/mol. The summed E-state index contributed by atoms with van der Waals surface area (Å²) in [6.07, 6.45) is 16.7. The number of allylic oxidation sites excluding steroid dienone is 2. The molecule has 380 valence electrons. The van der Waals surface area contributed by atoms with Crippen molar-refractivity contribution in [3.63, 3.8) is 0 Å². The number of aromatic amines is 2. The lowest BCUT2D eigenvalue weighted by Crippen LogP contribution is -2.45. The van der Waals surface area contributed by atoms with Gasteiger partial charge in [-0.25, -0.2) is 24.9 Å². The Labute approximate surface area is 449 Å². The number of ketones is 1. The molecule has 20 heteroatoms. The number of carbonyl (C=O) groups is 4. The molecule has 2 saturated heterocycles. The molecule has 2 amide bonds. The molecule has 2 aliphatic rings. The van der Waals surface area contributed by atoms with Gasteiger partial charge < -0.3 is 36.1 Å². The van der Waals surface area contributed by atoms with Crippen LogP contribution in [0.25, 0.3) is 44.3 Å². The summed E-state index contributed by atoms with van der Waals surface area (Å²) < 4.78 is 1.63. The number of halogens is 3. The maximum Gasteiger partial charge on any atom is 0.272 e. The van der Waals surface area contributed by atoms with Crippen LogP contribution in [-0.4, -0.2) is 111 Å². The molecular weight excluding hydrogens is 1090 g/mol. The number of benzene rings is 2. The van der Waals surface area contributed by atoms with Gasteiger partial charge in [-0.05, 0) is 117 Å². The van der Waals surface area contributed by atoms with Crippen LogP contribution in [0.3, 0.4) is 0 Å². The van der Waals surface area contributed by atoms with Crippen LogP contribution in [0.15, 0.2) is 144 Å². The third kappa shape index (κ3) is 13.5. The first-order chi connectivity index (χ1) is 35.4. The molecule has 6 N–H and O–H groups in total. The number of likely N-dealkylation sites (tertiary alicyclic amines) is 2. The van der Waals surface area contributed by atoms with E-state index in [0.717, 1.165) is 90.6 Å². The molecule has 0 unspecified atom stereocenters. The van der Waals surface area contributed by atoms with E-state index in [1.54, 1.807) is 47.8 Å². The van der Waals surface area contributed by atoms with Crippen LogP contribution in [0.5, 0.6) is 0 Å². The van der Waals surface area contributed by atoms with Gasteiger partial charge in [0.2, 0.25) is 17.1 Å². The fraction of sp³-hybridized carbons (Fsp3) is 0.222. The van der Waals surface area contributed by atoms with Crippen molar-refractivity contribution in [1.82, 2.24) is 49.7 Å². The average Bonchev–Trinajstić information content (AvgIpc) is 4.05. The van der Waals surface area contributed by atoms with Gasteiger partial charge in [0.1, 0.15) is 11.4 Å². The van der Waals surface area contributed by atoms with Gasteiger partial charge in [-0.15, -0.1) is 0 Å². The predicted octanol–water partition coefficient (Wildman–Crippen LogP) is 10.5. The topological polar surface area (TPSA) is 234 Å². The number of para-hydroxylation sites is 2. The van der Waals surface area contributed by atoms with Gasteiger partial charge in [0.05, 0.1) is 32.2 Å². The van der Waals surface area contributed by atoms with Crippen LogP contribution in [0.4, 0.5) is 17.6 Å². The smallest absolute Gasteiger partial charge is 0.272 e. The fourth-order valence-corrected chi connectivity index (χ4v) is 9.30. The minimum Gasteiger partial charge on any atom is -0.397 e. The second kappa shape index (κ2) is 25.4. The van der Waals surface area contributed by atoms with E-state index in [9.17, 15) is 19.2 Å². The number of nitrogen functional groups attached to an aromatic ring is 1. The van der Waals surface area contributed by atoms with Crippen LogP contribution in [0.1, 0.15) is 59.7 Å². The molecule has 10 rings (SSSR count). The summed E-state index contributed by atoms with van der Waals surface area (Å²) in [5.41, 5.74) is 13.5. The van der Waals surface area contributed by atoms with E-state index in [-0.39, 0.29) is 43.5 Å². The van der Waals surface area contributed by atoms with Crippen molar-refractivity contribution in [2.45, 2.75) is 51.6 Å². The van der Waals surface area contributed by atoms with Gasteiger partial charge in [-0.2, -0.15) is 0 Å². The molecular formula is C54H54Br2ClN13O4. The lowest BCUT2D eigenvalue weighted by Gasteiger charge is -2.33. The molecule has 2 aromatic carbocycles. The molecule has 74 heavy (non-hydrogen) atoms. The number of carbonyl (C=O) groups excluding carboxylic acids is 4. The summed E-state index contributed by atoms with van der Waals surface area (Å²) in [7, 11) is 0. The zero-order valence-electron chi connectivity index (χ0n) is 39.4. The number of aromatic nitrogens is 8. The van der Waals surface area contributed by atoms with Gasteiger partial charge >= 0.3 is 0 Å². The highest BCUT2D eigenvalue weighted by Crippen LogP contribution is 2.34. The number of rotatable bonds is 12. The standard InChI is InChI=1S/C27H25BrN6O2.C23H22BrN7O.C3H3ClO.CH4/c1-2-19(35)12-17-9-10-24(29-13-17)26(36)34-11-5-6-18(16-34)32-27-31-15-22(28)25(33-27)21-14-30-23-8-4-3-7-20(21)23;24-18-12-28-23(30-21(18)17-11-27-19-6-2-1-5-16(17)19)29-15-4-3-9-31(13-15)22(32)20-8-7-14(25)10-26-20;1-2-3(4)5;/h2-4,7-10,13-15,18,30H,1,5-6,11-12,16H2,(H,31,32,33);1-2,5-8,10-12,15,27H,3-4,9,13,25H2,(H,28,29,30);2H,1H2;1H4/t18-;15-;;/m11../s1. The number of fused-ring (bicyclic) bond motifs is 2. The maximum absolute atomic E-state index is 13.1. The number of nitrogens with zero attached hydrogens (tertiary/aromatic N) is 8. The van der Waals surface area contributed by atoms with E-state index >= 15 is 0 Å². The van der Waals surface area contributed by atoms with Crippen molar-refractivity contribution in [2.75, 3.05) is 42.5 Å². The van der Waals surface area contributed by atoms with Crippen LogP contribution < -0.4 is 16.4 Å². The molecule has 0 spiro atoms. The predicted molar refractivity (Wildman–Crippen MR) is 299 cm³/mol. The Hall–Kier alpha value is -7.61. The van der Waals surface area contributed by atoms with Gasteiger partial charge in [0, 0.05) is 109 Å². The Kier molecular flexibility index (Phi) is 18.6. The molecule has 0 aliphatic carbocycles. The second-order valence-corrected chi connectivity index (χ2v) is 19.2. The van der Waals surface area contributed by atoms with Crippen LogP contribution in [0.2, 0.25) is 0 Å². The Balaban J connectivity index is 0.000000197. The first-order valence-electron chi connectivity index (χ1n) is 23.3. The highest BCUT2D eigenvalue weighted by molar-refractivity contribution is 9.11. The van der Waals surface area contributed by atoms with Crippen LogP contribution >= 0.6 is 43.5 Å². The van der Waals surface area contributed by atoms with Crippen LogP contribution in [0, 0.1) is 0 Å². The molecule has 2 fully saturated rings. The van der Waals surface area contributed by atoms with E-state index in [1.807, 2.05) is 53.7 Å². The van der Waals surface area contributed by atoms with Gasteiger partial charge in [0.25, 0.3) is 11.8 Å². The third-order valence-corrected chi connectivity index (χ3v) is 13.4. The minimum absolute atomic E-state index is 0. The van der Waals surface area contributed by atoms with Crippen molar-refractivity contribution in [2.24, 2.45) is 0 Å². The quantitative estimate of drug-likeness (QED) is 0.0567. The molecule has 17 nitrogen and oxygen atoms in total. The Morgan fingerprint density at radius 3 is 1.58 bits per heavy atom. The number of H-pyrrole nitrogens is 2. The summed E-state index contributed by atoms with van der Waals surface area (Å²) in [6.45, 7) is 9.02. The number of hydrogen-bond donors (Lipinski definition) is 5. The van der Waals surface area contributed by atoms with Crippen molar-refractivity contribution >= 4 is 106 Å². The summed E-state index contributed by atoms with van der Waals surface area (Å²) in [6, 6.07) is 23.1. The zero-order chi connectivity index (χ0) is 51.4. The van der Waals surface area contributed by atoms with Crippen molar-refractivity contribution in [3.05, 3.63) is 161 Å². The molecule has 0 bridgehead atoms. The second-order valence-electron chi connectivity index (χ2n) is 17.1. The summed E-state index contributed by atoms with van der Waals surface area (Å²) >= 11 is 11.9. The number of pyridine rings is 2. The normalized spacial score (nSPS) is 15.1. The first-order valence-corrected chi connectivity index (χ1v) is 25.3. The zero-order valence-corrected chi connectivity index (χ0v) is 43.3. The molecule has 0 radical (unpaired) electrons. The lowest BCUT2D eigenvalue weighted by molar-refractivity contribution is -0.114. The molecule has 8 aromatic rings. The molecule has 2 atom stereocenters. The monoisotopic (exact) mass is 1140 g/mol. The number of amides is 2. The van der Waals surface area contributed by atoms with Gasteiger partial charge in [-0.3, -0.25) is 24.2 Å². The lowest BCUT2D eigenvalue weighted by atomic mass is 10.0. The summed E-state index contributed by atoms with van der Waals surface area (Å²) in [4.78, 5) is 84.1. The van der Waals surface area contributed by atoms with E-state index in [2.05, 4.69) is 97.7 Å².